The lowest BCUT2D eigenvalue weighted by atomic mass is 9.91. The van der Waals surface area contributed by atoms with Gasteiger partial charge in [0.15, 0.2) is 11.2 Å². The maximum Gasteiger partial charge on any atom is 0.408 e. The lowest BCUT2D eigenvalue weighted by Crippen LogP contribution is -2.61. The van der Waals surface area contributed by atoms with Crippen LogP contribution in [0.4, 0.5) is 4.79 Å². The predicted molar refractivity (Wildman–Crippen MR) is 163 cm³/mol. The molecule has 1 amide bonds. The van der Waals surface area contributed by atoms with Gasteiger partial charge >= 0.3 is 6.09 Å². The highest BCUT2D eigenvalue weighted by atomic mass is 32.1. The molecule has 1 aliphatic heterocycles. The van der Waals surface area contributed by atoms with Crippen LogP contribution < -0.4 is 15.5 Å². The van der Waals surface area contributed by atoms with E-state index in [0.29, 0.717) is 43.4 Å². The van der Waals surface area contributed by atoms with Gasteiger partial charge < -0.3 is 24.3 Å². The Morgan fingerprint density at radius 3 is 2.37 bits per heavy atom. The number of aryl methyl sites for hydroxylation is 1. The summed E-state index contributed by atoms with van der Waals surface area (Å²) in [6, 6.07) is 21.6. The van der Waals surface area contributed by atoms with Crippen molar-refractivity contribution in [3.8, 4) is 5.75 Å². The van der Waals surface area contributed by atoms with Gasteiger partial charge in [0.1, 0.15) is 18.0 Å². The normalized spacial score (nSPS) is 16.4. The van der Waals surface area contributed by atoms with Crippen LogP contribution in [0.15, 0.2) is 71.5 Å². The van der Waals surface area contributed by atoms with E-state index in [2.05, 4.69) is 5.32 Å². The number of rotatable bonds is 7. The molecule has 1 N–H and O–H groups in total. The van der Waals surface area contributed by atoms with Gasteiger partial charge in [-0.1, -0.05) is 36.4 Å². The van der Waals surface area contributed by atoms with Gasteiger partial charge in [-0.05, 0) is 88.9 Å². The molecule has 4 aromatic rings. The number of alkyl carbamates (subject to hydrolysis) is 1. The molecule has 0 saturated carbocycles. The van der Waals surface area contributed by atoms with Crippen LogP contribution in [0.2, 0.25) is 0 Å². The molecule has 0 spiro atoms. The summed E-state index contributed by atoms with van der Waals surface area (Å²) in [5, 5.41) is 4.37. The van der Waals surface area contributed by atoms with Gasteiger partial charge in [0, 0.05) is 20.2 Å². The van der Waals surface area contributed by atoms with Crippen LogP contribution in [0.25, 0.3) is 20.2 Å². The molecule has 3 aromatic carbocycles. The fourth-order valence-corrected chi connectivity index (χ4v) is 5.84. The molecular weight excluding hydrogens is 538 g/mol. The van der Waals surface area contributed by atoms with Crippen molar-refractivity contribution in [3.63, 3.8) is 0 Å². The molecule has 41 heavy (non-hydrogen) atoms. The Kier molecular flexibility index (Phi) is 8.10. The predicted octanol–water partition coefficient (Wildman–Crippen LogP) is 6.97. The van der Waals surface area contributed by atoms with Crippen LogP contribution >= 0.6 is 11.3 Å². The van der Waals surface area contributed by atoms with Crippen molar-refractivity contribution >= 4 is 37.6 Å². The second-order valence-electron chi connectivity index (χ2n) is 12.1. The Morgan fingerprint density at radius 2 is 1.66 bits per heavy atom. The van der Waals surface area contributed by atoms with Crippen LogP contribution in [-0.2, 0) is 27.2 Å². The molecule has 0 atom stereocenters. The van der Waals surface area contributed by atoms with E-state index in [1.165, 1.54) is 0 Å². The number of carbonyl (C=O) groups is 1. The quantitative estimate of drug-likeness (QED) is 0.240. The lowest BCUT2D eigenvalue weighted by Gasteiger charge is -2.44. The Balaban J connectivity index is 1.35. The van der Waals surface area contributed by atoms with Gasteiger partial charge in [0.2, 0.25) is 0 Å². The smallest absolute Gasteiger partial charge is 0.408 e. The van der Waals surface area contributed by atoms with E-state index in [1.807, 2.05) is 101 Å². The van der Waals surface area contributed by atoms with E-state index >= 15 is 0 Å². The highest BCUT2D eigenvalue weighted by Crippen LogP contribution is 2.31. The minimum Gasteiger partial charge on any atom is -0.489 e. The molecule has 2 heterocycles. The molecule has 8 heteroatoms. The van der Waals surface area contributed by atoms with E-state index in [4.69, 9.17) is 18.9 Å². The summed E-state index contributed by atoms with van der Waals surface area (Å²) in [4.78, 5) is 26.2. The summed E-state index contributed by atoms with van der Waals surface area (Å²) in [5.74, 6) is 0.00451. The summed E-state index contributed by atoms with van der Waals surface area (Å²) < 4.78 is 25.2. The third kappa shape index (κ3) is 7.25. The van der Waals surface area contributed by atoms with Crippen molar-refractivity contribution in [1.29, 1.82) is 0 Å². The van der Waals surface area contributed by atoms with Crippen molar-refractivity contribution in [2.24, 2.45) is 0 Å². The van der Waals surface area contributed by atoms with Crippen LogP contribution in [0.1, 0.15) is 52.2 Å². The molecule has 1 fully saturated rings. The maximum absolute atomic E-state index is 13.5. The summed E-state index contributed by atoms with van der Waals surface area (Å²) in [7, 11) is 0. The molecule has 1 aliphatic rings. The molecule has 0 bridgehead atoms. The third-order valence-corrected chi connectivity index (χ3v) is 8.14. The highest BCUT2D eigenvalue weighted by Gasteiger charge is 2.42. The Bertz CT molecular complexity index is 1600. The first-order chi connectivity index (χ1) is 19.4. The van der Waals surface area contributed by atoms with Crippen LogP contribution in [0, 0.1) is 0 Å². The van der Waals surface area contributed by atoms with E-state index < -0.39 is 23.0 Å². The number of benzene rings is 3. The number of amides is 1. The van der Waals surface area contributed by atoms with Crippen molar-refractivity contribution in [3.05, 3.63) is 88.1 Å². The number of carbonyl (C=O) groups excluding carboxylic acids is 1. The lowest BCUT2D eigenvalue weighted by molar-refractivity contribution is -0.271. The maximum atomic E-state index is 13.5. The van der Waals surface area contributed by atoms with Crippen molar-refractivity contribution in [2.45, 2.75) is 71.0 Å². The minimum absolute atomic E-state index is 0.00196. The molecule has 5 rings (SSSR count). The number of ether oxygens (including phenoxy) is 4. The first kappa shape index (κ1) is 29.0. The summed E-state index contributed by atoms with van der Waals surface area (Å²) in [6.07, 6.45) is 0.666. The van der Waals surface area contributed by atoms with Crippen LogP contribution in [-0.4, -0.2) is 36.2 Å². The second kappa shape index (κ2) is 11.4. The SMILES string of the molecule is CC(C)(C)OC(=O)NC1(CCc2ccc3sc4cc(OCc5ccccc5)ccc4c(=O)c3c2)COC(C)(C)OC1. The summed E-state index contributed by atoms with van der Waals surface area (Å²) >= 11 is 1.58. The fraction of sp³-hybridized carbons (Fsp3) is 0.394. The summed E-state index contributed by atoms with van der Waals surface area (Å²) in [5.41, 5.74) is 0.708. The largest absolute Gasteiger partial charge is 0.489 e. The first-order valence-electron chi connectivity index (χ1n) is 13.9. The van der Waals surface area contributed by atoms with Crippen molar-refractivity contribution in [2.75, 3.05) is 13.2 Å². The van der Waals surface area contributed by atoms with E-state index in [0.717, 1.165) is 26.3 Å². The molecule has 0 unspecified atom stereocenters. The minimum atomic E-state index is -0.755. The highest BCUT2D eigenvalue weighted by molar-refractivity contribution is 7.24. The van der Waals surface area contributed by atoms with E-state index in [9.17, 15) is 9.59 Å². The summed E-state index contributed by atoms with van der Waals surface area (Å²) in [6.45, 7) is 10.2. The van der Waals surface area contributed by atoms with Gasteiger partial charge in [-0.15, -0.1) is 11.3 Å². The average Bonchev–Trinajstić information content (AvgIpc) is 2.92. The Morgan fingerprint density at radius 1 is 0.927 bits per heavy atom. The second-order valence-corrected chi connectivity index (χ2v) is 13.2. The van der Waals surface area contributed by atoms with E-state index in [1.54, 1.807) is 11.3 Å². The number of hydrogen-bond acceptors (Lipinski definition) is 7. The zero-order valence-corrected chi connectivity index (χ0v) is 25.1. The topological polar surface area (TPSA) is 83.1 Å². The van der Waals surface area contributed by atoms with Gasteiger partial charge in [-0.3, -0.25) is 4.79 Å². The van der Waals surface area contributed by atoms with Gasteiger partial charge in [0.05, 0.1) is 18.8 Å². The van der Waals surface area contributed by atoms with Gasteiger partial charge in [0.25, 0.3) is 0 Å². The van der Waals surface area contributed by atoms with Gasteiger partial charge in [-0.2, -0.15) is 0 Å². The first-order valence-corrected chi connectivity index (χ1v) is 14.7. The zero-order valence-electron chi connectivity index (χ0n) is 24.2. The van der Waals surface area contributed by atoms with Crippen molar-refractivity contribution < 1.29 is 23.7 Å². The number of fused-ring (bicyclic) bond motifs is 2. The molecule has 1 aromatic heterocycles. The Labute approximate surface area is 244 Å². The Hall–Kier alpha value is -3.46. The number of hydrogen-bond donors (Lipinski definition) is 1. The standard InChI is InChI=1S/C33H37NO6S/c1-31(2,3)40-30(36)34-33(20-38-32(4,5)39-21-33)16-15-22-11-14-27-26(17-22)29(35)25-13-12-24(18-28(25)41-27)37-19-23-9-7-6-8-10-23/h6-14,17-18H,15-16,19-21H2,1-5H3,(H,34,36). The van der Waals surface area contributed by atoms with Crippen LogP contribution in [0.3, 0.4) is 0 Å². The average molecular weight is 576 g/mol. The number of nitrogens with one attached hydrogen (secondary N) is 1. The third-order valence-electron chi connectivity index (χ3n) is 7.01. The molecule has 0 radical (unpaired) electrons. The van der Waals surface area contributed by atoms with Crippen LogP contribution in [0.5, 0.6) is 5.75 Å². The van der Waals surface area contributed by atoms with E-state index in [-0.39, 0.29) is 5.43 Å². The molecular formula is C33H37NO6S. The van der Waals surface area contributed by atoms with Gasteiger partial charge in [-0.25, -0.2) is 4.79 Å². The molecule has 216 valence electrons. The molecule has 1 saturated heterocycles. The monoisotopic (exact) mass is 575 g/mol. The molecule has 7 nitrogen and oxygen atoms in total. The molecule has 0 aliphatic carbocycles. The fourth-order valence-electron chi connectivity index (χ4n) is 4.76. The zero-order chi connectivity index (χ0) is 29.3. The van der Waals surface area contributed by atoms with Crippen molar-refractivity contribution in [1.82, 2.24) is 5.32 Å².